The van der Waals surface area contributed by atoms with Gasteiger partial charge in [0.2, 0.25) is 5.91 Å². The molecule has 7 heteroatoms. The average molecular weight is 371 g/mol. The molecule has 3 N–H and O–H groups in total. The molecule has 0 saturated carbocycles. The first-order chi connectivity index (χ1) is 11.0. The highest BCUT2D eigenvalue weighted by Crippen LogP contribution is 2.30. The Hall–Kier alpha value is -1.30. The lowest BCUT2D eigenvalue weighted by molar-refractivity contribution is -0.117. The smallest absolute Gasteiger partial charge is 0.242 e. The molecule has 2 unspecified atom stereocenters. The van der Waals surface area contributed by atoms with Crippen molar-refractivity contribution in [1.82, 2.24) is 10.9 Å². The maximum absolute atomic E-state index is 12.4. The Morgan fingerprint density at radius 1 is 1.04 bits per heavy atom. The van der Waals surface area contributed by atoms with E-state index < -0.39 is 0 Å². The Balaban J connectivity index is 1.65. The molecule has 1 aliphatic heterocycles. The van der Waals surface area contributed by atoms with Crippen molar-refractivity contribution >= 4 is 46.4 Å². The quantitative estimate of drug-likeness (QED) is 0.759. The van der Waals surface area contributed by atoms with Crippen molar-refractivity contribution in [2.24, 2.45) is 0 Å². The summed E-state index contributed by atoms with van der Waals surface area (Å²) in [5.74, 6) is -0.168. The van der Waals surface area contributed by atoms with Crippen molar-refractivity contribution in [3.05, 3.63) is 63.1 Å². The zero-order valence-electron chi connectivity index (χ0n) is 11.9. The minimum atomic E-state index is -0.370. The van der Waals surface area contributed by atoms with E-state index >= 15 is 0 Å². The lowest BCUT2D eigenvalue weighted by Crippen LogP contribution is -2.39. The molecule has 2 aromatic carbocycles. The van der Waals surface area contributed by atoms with Gasteiger partial charge in [0, 0.05) is 11.1 Å². The van der Waals surface area contributed by atoms with Gasteiger partial charge >= 0.3 is 0 Å². The van der Waals surface area contributed by atoms with Crippen LogP contribution in [0.3, 0.4) is 0 Å². The van der Waals surface area contributed by atoms with E-state index in [1.165, 1.54) is 0 Å². The van der Waals surface area contributed by atoms with Gasteiger partial charge in [-0.2, -0.15) is 0 Å². The summed E-state index contributed by atoms with van der Waals surface area (Å²) in [4.78, 5) is 12.4. The lowest BCUT2D eigenvalue weighted by atomic mass is 10.0. The summed E-state index contributed by atoms with van der Waals surface area (Å²) >= 11 is 17.9. The molecular formula is C16H14Cl3N3O. The van der Waals surface area contributed by atoms with Crippen LogP contribution in [0.4, 0.5) is 5.69 Å². The molecule has 1 fully saturated rings. The Bertz CT molecular complexity index is 721. The van der Waals surface area contributed by atoms with E-state index in [2.05, 4.69) is 16.2 Å². The number of hydrazine groups is 1. The number of hydrogen-bond donors (Lipinski definition) is 3. The van der Waals surface area contributed by atoms with Crippen molar-refractivity contribution in [1.29, 1.82) is 0 Å². The molecular weight excluding hydrogens is 357 g/mol. The van der Waals surface area contributed by atoms with E-state index in [9.17, 15) is 4.79 Å². The fraction of sp³-hybridized carbons (Fsp3) is 0.188. The van der Waals surface area contributed by atoms with Gasteiger partial charge in [-0.1, -0.05) is 53.0 Å². The van der Waals surface area contributed by atoms with Crippen LogP contribution >= 0.6 is 34.8 Å². The predicted octanol–water partition coefficient (Wildman–Crippen LogP) is 4.19. The minimum absolute atomic E-state index is 0.0397. The Kier molecular flexibility index (Phi) is 5.09. The van der Waals surface area contributed by atoms with E-state index in [0.29, 0.717) is 27.2 Å². The lowest BCUT2D eigenvalue weighted by Gasteiger charge is -2.12. The molecule has 0 aliphatic carbocycles. The molecule has 1 amide bonds. The van der Waals surface area contributed by atoms with Gasteiger partial charge < -0.3 is 5.32 Å². The number of amides is 1. The zero-order chi connectivity index (χ0) is 16.4. The van der Waals surface area contributed by atoms with E-state index in [1.807, 2.05) is 24.3 Å². The van der Waals surface area contributed by atoms with Crippen LogP contribution in [-0.2, 0) is 4.79 Å². The van der Waals surface area contributed by atoms with Crippen LogP contribution in [0, 0.1) is 0 Å². The summed E-state index contributed by atoms with van der Waals surface area (Å²) in [6, 6.07) is 12.3. The molecule has 2 aromatic rings. The van der Waals surface area contributed by atoms with Crippen LogP contribution in [-0.4, -0.2) is 11.9 Å². The Labute approximate surface area is 149 Å². The number of carbonyl (C=O) groups excluding carboxylic acids is 1. The zero-order valence-corrected chi connectivity index (χ0v) is 14.2. The topological polar surface area (TPSA) is 53.2 Å². The second-order valence-corrected chi connectivity index (χ2v) is 6.49. The highest BCUT2D eigenvalue weighted by Gasteiger charge is 2.30. The van der Waals surface area contributed by atoms with Crippen molar-refractivity contribution in [3.8, 4) is 0 Å². The molecule has 23 heavy (non-hydrogen) atoms. The predicted molar refractivity (Wildman–Crippen MR) is 94.0 cm³/mol. The Morgan fingerprint density at radius 3 is 2.52 bits per heavy atom. The van der Waals surface area contributed by atoms with Crippen molar-refractivity contribution in [2.75, 3.05) is 5.32 Å². The van der Waals surface area contributed by atoms with Gasteiger partial charge in [-0.3, -0.25) is 4.79 Å². The molecule has 1 saturated heterocycles. The number of anilines is 1. The Morgan fingerprint density at radius 2 is 1.78 bits per heavy atom. The third kappa shape index (κ3) is 3.79. The SMILES string of the molecule is O=C(Nc1cccc(Cl)c1Cl)C1CC(c2ccc(Cl)cc2)NN1. The van der Waals surface area contributed by atoms with Gasteiger partial charge in [-0.05, 0) is 36.2 Å². The van der Waals surface area contributed by atoms with Crippen LogP contribution in [0.5, 0.6) is 0 Å². The molecule has 1 aliphatic rings. The molecule has 3 rings (SSSR count). The van der Waals surface area contributed by atoms with Gasteiger partial charge in [0.1, 0.15) is 6.04 Å². The van der Waals surface area contributed by atoms with E-state index in [-0.39, 0.29) is 18.0 Å². The molecule has 0 bridgehead atoms. The number of halogens is 3. The maximum atomic E-state index is 12.4. The summed E-state index contributed by atoms with van der Waals surface area (Å²) in [5, 5.41) is 4.22. The molecule has 4 nitrogen and oxygen atoms in total. The van der Waals surface area contributed by atoms with E-state index in [1.54, 1.807) is 18.2 Å². The van der Waals surface area contributed by atoms with E-state index in [4.69, 9.17) is 34.8 Å². The highest BCUT2D eigenvalue weighted by molar-refractivity contribution is 6.44. The maximum Gasteiger partial charge on any atom is 0.242 e. The molecule has 1 heterocycles. The summed E-state index contributed by atoms with van der Waals surface area (Å²) in [7, 11) is 0. The van der Waals surface area contributed by atoms with Crippen LogP contribution < -0.4 is 16.2 Å². The van der Waals surface area contributed by atoms with Crippen LogP contribution in [0.2, 0.25) is 15.1 Å². The number of carbonyl (C=O) groups is 1. The first-order valence-corrected chi connectivity index (χ1v) is 8.19. The molecule has 0 spiro atoms. The summed E-state index contributed by atoms with van der Waals surface area (Å²) in [6.45, 7) is 0. The second kappa shape index (κ2) is 7.07. The number of rotatable bonds is 3. The number of nitrogens with one attached hydrogen (secondary N) is 3. The van der Waals surface area contributed by atoms with Crippen LogP contribution in [0.1, 0.15) is 18.0 Å². The third-order valence-electron chi connectivity index (χ3n) is 3.70. The largest absolute Gasteiger partial charge is 0.323 e. The highest BCUT2D eigenvalue weighted by atomic mass is 35.5. The van der Waals surface area contributed by atoms with Crippen LogP contribution in [0.25, 0.3) is 0 Å². The van der Waals surface area contributed by atoms with Gasteiger partial charge in [0.05, 0.1) is 15.7 Å². The van der Waals surface area contributed by atoms with Crippen molar-refractivity contribution in [3.63, 3.8) is 0 Å². The second-order valence-electron chi connectivity index (χ2n) is 5.27. The summed E-state index contributed by atoms with van der Waals surface area (Å²) in [5.41, 5.74) is 7.69. The molecule has 0 radical (unpaired) electrons. The standard InChI is InChI=1S/C16H14Cl3N3O/c17-10-6-4-9(5-7-10)13-8-14(22-21-13)16(23)20-12-3-1-2-11(18)15(12)19/h1-7,13-14,21-22H,8H2,(H,20,23). The van der Waals surface area contributed by atoms with Gasteiger partial charge in [0.15, 0.2) is 0 Å². The first-order valence-electron chi connectivity index (χ1n) is 7.06. The average Bonchev–Trinajstić information content (AvgIpc) is 3.02. The summed E-state index contributed by atoms with van der Waals surface area (Å²) < 4.78 is 0. The summed E-state index contributed by atoms with van der Waals surface area (Å²) in [6.07, 6.45) is 0.617. The van der Waals surface area contributed by atoms with Crippen molar-refractivity contribution in [2.45, 2.75) is 18.5 Å². The van der Waals surface area contributed by atoms with Gasteiger partial charge in [-0.25, -0.2) is 10.9 Å². The first kappa shape index (κ1) is 16.6. The molecule has 2 atom stereocenters. The van der Waals surface area contributed by atoms with Crippen molar-refractivity contribution < 1.29 is 4.79 Å². The fourth-order valence-corrected chi connectivity index (χ4v) is 2.94. The number of hydrogen-bond acceptors (Lipinski definition) is 3. The third-order valence-corrected chi connectivity index (χ3v) is 4.77. The van der Waals surface area contributed by atoms with Gasteiger partial charge in [0.25, 0.3) is 0 Å². The molecule has 120 valence electrons. The van der Waals surface area contributed by atoms with Gasteiger partial charge in [-0.15, -0.1) is 0 Å². The van der Waals surface area contributed by atoms with Crippen LogP contribution in [0.15, 0.2) is 42.5 Å². The van der Waals surface area contributed by atoms with E-state index in [0.717, 1.165) is 5.56 Å². The normalized spacial score (nSPS) is 20.5. The monoisotopic (exact) mass is 369 g/mol. The molecule has 0 aromatic heterocycles. The number of benzene rings is 2. The minimum Gasteiger partial charge on any atom is -0.323 e. The fourth-order valence-electron chi connectivity index (χ4n) is 2.46.